The summed E-state index contributed by atoms with van der Waals surface area (Å²) in [5.74, 6) is -0.387. The predicted molar refractivity (Wildman–Crippen MR) is 73.1 cm³/mol. The first-order valence-electron chi connectivity index (χ1n) is 6.23. The van der Waals surface area contributed by atoms with Gasteiger partial charge < -0.3 is 10.0 Å². The lowest BCUT2D eigenvalue weighted by Gasteiger charge is -2.20. The molecule has 19 heavy (non-hydrogen) atoms. The second kappa shape index (κ2) is 4.39. The lowest BCUT2D eigenvalue weighted by Crippen LogP contribution is -2.19. The third-order valence-electron chi connectivity index (χ3n) is 3.50. The van der Waals surface area contributed by atoms with Crippen LogP contribution in [0.5, 0.6) is 0 Å². The van der Waals surface area contributed by atoms with Crippen molar-refractivity contribution in [2.75, 3.05) is 11.4 Å². The molecular formula is C15H14N2O2. The Labute approximate surface area is 111 Å². The number of hydrogen-bond donors (Lipinski definition) is 1. The van der Waals surface area contributed by atoms with E-state index < -0.39 is 5.97 Å². The number of aryl methyl sites for hydroxylation is 1. The van der Waals surface area contributed by atoms with Crippen molar-refractivity contribution in [3.05, 3.63) is 53.2 Å². The molecule has 2 heterocycles. The summed E-state index contributed by atoms with van der Waals surface area (Å²) in [5.41, 5.74) is 3.33. The third-order valence-corrected chi connectivity index (χ3v) is 3.50. The number of rotatable bonds is 2. The lowest BCUT2D eigenvalue weighted by molar-refractivity contribution is 0.0696. The number of fused-ring (bicyclic) bond motifs is 1. The van der Waals surface area contributed by atoms with Gasteiger partial charge in [0.25, 0.3) is 0 Å². The summed E-state index contributed by atoms with van der Waals surface area (Å²) in [6.45, 7) is 2.58. The average molecular weight is 254 g/mol. The molecule has 0 amide bonds. The number of benzene rings is 1. The summed E-state index contributed by atoms with van der Waals surface area (Å²) in [7, 11) is 0. The number of anilines is 2. The number of nitrogens with zero attached hydrogens (tertiary/aromatic N) is 2. The second-order valence-corrected chi connectivity index (χ2v) is 4.66. The van der Waals surface area contributed by atoms with E-state index >= 15 is 0 Å². The first-order chi connectivity index (χ1) is 9.18. The smallest absolute Gasteiger partial charge is 0.339 e. The van der Waals surface area contributed by atoms with E-state index in [0.29, 0.717) is 11.4 Å². The number of carboxylic acids is 1. The van der Waals surface area contributed by atoms with Gasteiger partial charge in [-0.2, -0.15) is 0 Å². The zero-order valence-electron chi connectivity index (χ0n) is 10.6. The molecule has 96 valence electrons. The monoisotopic (exact) mass is 254 g/mol. The SMILES string of the molecule is Cc1ccnc(N2CCc3ccccc32)c1C(=O)O. The van der Waals surface area contributed by atoms with Crippen molar-refractivity contribution in [3.8, 4) is 0 Å². The Balaban J connectivity index is 2.15. The highest BCUT2D eigenvalue weighted by atomic mass is 16.4. The van der Waals surface area contributed by atoms with E-state index in [9.17, 15) is 9.90 Å². The summed E-state index contributed by atoms with van der Waals surface area (Å²) in [5, 5.41) is 9.39. The zero-order valence-corrected chi connectivity index (χ0v) is 10.6. The predicted octanol–water partition coefficient (Wildman–Crippen LogP) is 2.78. The molecular weight excluding hydrogens is 240 g/mol. The van der Waals surface area contributed by atoms with Gasteiger partial charge in [0, 0.05) is 18.4 Å². The van der Waals surface area contributed by atoms with Crippen LogP contribution >= 0.6 is 0 Å². The molecule has 0 saturated heterocycles. The van der Waals surface area contributed by atoms with Gasteiger partial charge in [-0.15, -0.1) is 0 Å². The van der Waals surface area contributed by atoms with E-state index in [2.05, 4.69) is 11.1 Å². The Bertz CT molecular complexity index is 652. The molecule has 0 aliphatic carbocycles. The minimum atomic E-state index is -0.926. The quantitative estimate of drug-likeness (QED) is 0.895. The summed E-state index contributed by atoms with van der Waals surface area (Å²) in [6.07, 6.45) is 2.59. The highest BCUT2D eigenvalue weighted by Gasteiger charge is 2.26. The van der Waals surface area contributed by atoms with Crippen LogP contribution < -0.4 is 4.90 Å². The van der Waals surface area contributed by atoms with Crippen LogP contribution in [0, 0.1) is 6.92 Å². The first kappa shape index (κ1) is 11.7. The van der Waals surface area contributed by atoms with Crippen molar-refractivity contribution in [2.45, 2.75) is 13.3 Å². The Morgan fingerprint density at radius 1 is 1.32 bits per heavy atom. The number of para-hydroxylation sites is 1. The molecule has 0 unspecified atom stereocenters. The van der Waals surface area contributed by atoms with Crippen LogP contribution in [-0.2, 0) is 6.42 Å². The fourth-order valence-electron chi connectivity index (χ4n) is 2.57. The van der Waals surface area contributed by atoms with Crippen molar-refractivity contribution >= 4 is 17.5 Å². The molecule has 0 radical (unpaired) electrons. The third kappa shape index (κ3) is 1.85. The number of pyridine rings is 1. The normalized spacial score (nSPS) is 13.4. The molecule has 0 bridgehead atoms. The zero-order chi connectivity index (χ0) is 13.4. The number of hydrogen-bond acceptors (Lipinski definition) is 3. The fourth-order valence-corrected chi connectivity index (χ4v) is 2.57. The molecule has 4 nitrogen and oxygen atoms in total. The minimum absolute atomic E-state index is 0.291. The fraction of sp³-hybridized carbons (Fsp3) is 0.200. The van der Waals surface area contributed by atoms with Crippen LogP contribution in [0.4, 0.5) is 11.5 Å². The molecule has 4 heteroatoms. The van der Waals surface area contributed by atoms with E-state index in [-0.39, 0.29) is 0 Å². The van der Waals surface area contributed by atoms with Crippen LogP contribution in [0.25, 0.3) is 0 Å². The molecule has 0 spiro atoms. The standard InChI is InChI=1S/C15H14N2O2/c1-10-6-8-16-14(13(10)15(18)19)17-9-7-11-4-2-3-5-12(11)17/h2-6,8H,7,9H2,1H3,(H,18,19). The van der Waals surface area contributed by atoms with Gasteiger partial charge in [-0.3, -0.25) is 0 Å². The van der Waals surface area contributed by atoms with Crippen LogP contribution in [0.1, 0.15) is 21.5 Å². The van der Waals surface area contributed by atoms with E-state index in [1.54, 1.807) is 19.2 Å². The summed E-state index contributed by atoms with van der Waals surface area (Å²) >= 11 is 0. The molecule has 1 N–H and O–H groups in total. The van der Waals surface area contributed by atoms with E-state index in [1.807, 2.05) is 23.1 Å². The van der Waals surface area contributed by atoms with Crippen molar-refractivity contribution < 1.29 is 9.90 Å². The number of carbonyl (C=O) groups is 1. The minimum Gasteiger partial charge on any atom is -0.478 e. The van der Waals surface area contributed by atoms with Gasteiger partial charge in [0.15, 0.2) is 0 Å². The Kier molecular flexibility index (Phi) is 2.71. The number of aromatic carboxylic acids is 1. The van der Waals surface area contributed by atoms with Gasteiger partial charge in [0.05, 0.1) is 0 Å². The van der Waals surface area contributed by atoms with Gasteiger partial charge in [-0.1, -0.05) is 18.2 Å². The van der Waals surface area contributed by atoms with Crippen LogP contribution in [-0.4, -0.2) is 22.6 Å². The van der Waals surface area contributed by atoms with Gasteiger partial charge in [-0.25, -0.2) is 9.78 Å². The van der Waals surface area contributed by atoms with E-state index in [4.69, 9.17) is 0 Å². The van der Waals surface area contributed by atoms with Crippen LogP contribution in [0.3, 0.4) is 0 Å². The Morgan fingerprint density at radius 3 is 2.89 bits per heavy atom. The van der Waals surface area contributed by atoms with E-state index in [0.717, 1.165) is 24.2 Å². The molecule has 1 aromatic heterocycles. The maximum Gasteiger partial charge on any atom is 0.339 e. The highest BCUT2D eigenvalue weighted by Crippen LogP contribution is 2.35. The molecule has 0 saturated carbocycles. The van der Waals surface area contributed by atoms with Gasteiger partial charge in [-0.05, 0) is 36.6 Å². The van der Waals surface area contributed by atoms with Gasteiger partial charge in [0.2, 0.25) is 0 Å². The maximum absolute atomic E-state index is 11.4. The number of carboxylic acid groups (broad SMARTS) is 1. The van der Waals surface area contributed by atoms with Crippen LogP contribution in [0.2, 0.25) is 0 Å². The van der Waals surface area contributed by atoms with Crippen LogP contribution in [0.15, 0.2) is 36.5 Å². The number of aromatic nitrogens is 1. The molecule has 2 aromatic rings. The highest BCUT2D eigenvalue weighted by molar-refractivity contribution is 5.96. The average Bonchev–Trinajstić information content (AvgIpc) is 2.81. The maximum atomic E-state index is 11.4. The van der Waals surface area contributed by atoms with Gasteiger partial charge in [0.1, 0.15) is 11.4 Å². The first-order valence-corrected chi connectivity index (χ1v) is 6.23. The summed E-state index contributed by atoms with van der Waals surface area (Å²) in [4.78, 5) is 17.7. The van der Waals surface area contributed by atoms with Crippen molar-refractivity contribution in [3.63, 3.8) is 0 Å². The molecule has 0 atom stereocenters. The topological polar surface area (TPSA) is 53.4 Å². The Morgan fingerprint density at radius 2 is 2.11 bits per heavy atom. The van der Waals surface area contributed by atoms with E-state index in [1.165, 1.54) is 5.56 Å². The molecule has 3 rings (SSSR count). The molecule has 1 aliphatic heterocycles. The largest absolute Gasteiger partial charge is 0.478 e. The van der Waals surface area contributed by atoms with Crippen molar-refractivity contribution in [2.24, 2.45) is 0 Å². The summed E-state index contributed by atoms with van der Waals surface area (Å²) in [6, 6.07) is 9.79. The Hall–Kier alpha value is -2.36. The second-order valence-electron chi connectivity index (χ2n) is 4.66. The molecule has 1 aliphatic rings. The molecule has 0 fully saturated rings. The molecule has 1 aromatic carbocycles. The summed E-state index contributed by atoms with van der Waals surface area (Å²) < 4.78 is 0. The van der Waals surface area contributed by atoms with Crippen molar-refractivity contribution in [1.82, 2.24) is 4.98 Å². The van der Waals surface area contributed by atoms with Gasteiger partial charge >= 0.3 is 5.97 Å². The lowest BCUT2D eigenvalue weighted by atomic mass is 10.1. The van der Waals surface area contributed by atoms with Crippen molar-refractivity contribution in [1.29, 1.82) is 0 Å².